The number of hydrogen-bond donors (Lipinski definition) is 1. The van der Waals surface area contributed by atoms with Crippen LogP contribution >= 0.6 is 0 Å². The van der Waals surface area contributed by atoms with Crippen LogP contribution in [0.3, 0.4) is 0 Å². The van der Waals surface area contributed by atoms with E-state index in [0.29, 0.717) is 16.6 Å². The van der Waals surface area contributed by atoms with Gasteiger partial charge in [-0.3, -0.25) is 0 Å². The Kier molecular flexibility index (Phi) is 6.67. The van der Waals surface area contributed by atoms with Gasteiger partial charge in [-0.05, 0) is 82.9 Å². The fourth-order valence-corrected chi connectivity index (χ4v) is 11.1. The fraction of sp³-hybridized carbons (Fsp3) is 0.571. The van der Waals surface area contributed by atoms with Crippen LogP contribution in [0.1, 0.15) is 83.2 Å². The quantitative estimate of drug-likeness (QED) is 0.441. The van der Waals surface area contributed by atoms with Crippen molar-refractivity contribution in [2.45, 2.75) is 97.7 Å². The first kappa shape index (κ1) is 23.9. The van der Waals surface area contributed by atoms with Crippen molar-refractivity contribution in [1.29, 1.82) is 0 Å². The Hall–Kier alpha value is -1.74. The average Bonchev–Trinajstić information content (AvgIpc) is 2.96. The summed E-state index contributed by atoms with van der Waals surface area (Å²) in [6.07, 6.45) is 0.975. The summed E-state index contributed by atoms with van der Waals surface area (Å²) >= 11 is 0. The van der Waals surface area contributed by atoms with Gasteiger partial charge in [-0.2, -0.15) is 0 Å². The molecule has 0 aliphatic carbocycles. The molecule has 1 heterocycles. The molecule has 0 unspecified atom stereocenters. The average molecular weight is 438 g/mol. The number of anilines is 1. The summed E-state index contributed by atoms with van der Waals surface area (Å²) in [5.74, 6) is 1.07. The molecule has 0 aromatic heterocycles. The van der Waals surface area contributed by atoms with Crippen molar-refractivity contribution in [3.63, 3.8) is 0 Å². The van der Waals surface area contributed by atoms with Gasteiger partial charge in [0.2, 0.25) is 0 Å². The summed E-state index contributed by atoms with van der Waals surface area (Å²) in [6.45, 7) is 24.3. The molecular formula is C28H43NOSi. The van der Waals surface area contributed by atoms with Gasteiger partial charge < -0.3 is 9.74 Å². The van der Waals surface area contributed by atoms with E-state index in [2.05, 4.69) is 105 Å². The van der Waals surface area contributed by atoms with Gasteiger partial charge in [-0.15, -0.1) is 0 Å². The number of benzene rings is 2. The lowest BCUT2D eigenvalue weighted by Gasteiger charge is -2.42. The Balaban J connectivity index is 1.91. The molecule has 0 amide bonds. The molecule has 31 heavy (non-hydrogen) atoms. The van der Waals surface area contributed by atoms with Crippen molar-refractivity contribution in [1.82, 2.24) is 0 Å². The van der Waals surface area contributed by atoms with Crippen LogP contribution in [0, 0.1) is 13.8 Å². The highest BCUT2D eigenvalue weighted by atomic mass is 28.4. The third kappa shape index (κ3) is 4.44. The van der Waals surface area contributed by atoms with E-state index in [1.165, 1.54) is 33.5 Å². The van der Waals surface area contributed by atoms with E-state index in [1.54, 1.807) is 0 Å². The summed E-state index contributed by atoms with van der Waals surface area (Å²) < 4.78 is 6.97. The normalized spacial score (nSPS) is 15.5. The summed E-state index contributed by atoms with van der Waals surface area (Å²) in [6, 6.07) is 11.5. The molecule has 0 bridgehead atoms. The van der Waals surface area contributed by atoms with Gasteiger partial charge in [0.25, 0.3) is 8.32 Å². The van der Waals surface area contributed by atoms with E-state index in [9.17, 15) is 0 Å². The molecule has 170 valence electrons. The predicted molar refractivity (Wildman–Crippen MR) is 138 cm³/mol. The van der Waals surface area contributed by atoms with E-state index in [4.69, 9.17) is 4.43 Å². The molecule has 2 nitrogen and oxygen atoms in total. The number of fused-ring (bicyclic) bond motifs is 1. The first-order chi connectivity index (χ1) is 14.4. The smallest absolute Gasteiger partial charge is 0.258 e. The van der Waals surface area contributed by atoms with Gasteiger partial charge in [-0.1, -0.05) is 67.5 Å². The third-order valence-corrected chi connectivity index (χ3v) is 13.6. The van der Waals surface area contributed by atoms with Crippen LogP contribution in [-0.4, -0.2) is 14.9 Å². The number of hydrogen-bond acceptors (Lipinski definition) is 2. The molecule has 0 fully saturated rings. The summed E-state index contributed by atoms with van der Waals surface area (Å²) in [7, 11) is -1.94. The molecule has 1 aliphatic heterocycles. The number of aryl methyl sites for hydroxylation is 2. The Morgan fingerprint density at radius 3 is 1.97 bits per heavy atom. The molecule has 2 aromatic rings. The second-order valence-electron chi connectivity index (χ2n) is 11.2. The van der Waals surface area contributed by atoms with Gasteiger partial charge in [0.05, 0.1) is 0 Å². The van der Waals surface area contributed by atoms with E-state index in [0.717, 1.165) is 18.7 Å². The zero-order valence-corrected chi connectivity index (χ0v) is 22.4. The van der Waals surface area contributed by atoms with Crippen LogP contribution in [0.5, 0.6) is 5.75 Å². The molecule has 1 N–H and O–H groups in total. The maximum absolute atomic E-state index is 6.97. The number of nitrogens with one attached hydrogen (secondary N) is 1. The lowest BCUT2D eigenvalue weighted by molar-refractivity contribution is 0.479. The standard InChI is InChI=1S/C28H43NOSi/c1-18(2)31(19(3)4,20(5)6)30-24-13-21(7)25(22(8)14-24)15-23-11-12-27-26(16-23)28(9,10)17-29-27/h11-14,16,18-20,29H,15,17H2,1-10H3. The lowest BCUT2D eigenvalue weighted by Crippen LogP contribution is -2.50. The Morgan fingerprint density at radius 2 is 1.45 bits per heavy atom. The lowest BCUT2D eigenvalue weighted by atomic mass is 9.85. The highest BCUT2D eigenvalue weighted by Gasteiger charge is 2.47. The highest BCUT2D eigenvalue weighted by molar-refractivity contribution is 6.78. The van der Waals surface area contributed by atoms with Gasteiger partial charge in [-0.25, -0.2) is 0 Å². The second kappa shape index (κ2) is 8.65. The van der Waals surface area contributed by atoms with Gasteiger partial charge in [0, 0.05) is 17.6 Å². The van der Waals surface area contributed by atoms with Crippen LogP contribution in [0.25, 0.3) is 0 Å². The van der Waals surface area contributed by atoms with Crippen molar-refractivity contribution >= 4 is 14.0 Å². The zero-order chi connectivity index (χ0) is 23.1. The van der Waals surface area contributed by atoms with Crippen molar-refractivity contribution in [2.24, 2.45) is 0 Å². The molecule has 0 spiro atoms. The van der Waals surface area contributed by atoms with Crippen LogP contribution < -0.4 is 9.74 Å². The molecule has 0 atom stereocenters. The summed E-state index contributed by atoms with van der Waals surface area (Å²) in [4.78, 5) is 0. The van der Waals surface area contributed by atoms with E-state index in [-0.39, 0.29) is 5.41 Å². The summed E-state index contributed by atoms with van der Waals surface area (Å²) in [5, 5.41) is 3.55. The Morgan fingerprint density at radius 1 is 0.903 bits per heavy atom. The highest BCUT2D eigenvalue weighted by Crippen LogP contribution is 2.43. The monoisotopic (exact) mass is 437 g/mol. The minimum Gasteiger partial charge on any atom is -0.543 e. The Labute approximate surface area is 191 Å². The minimum absolute atomic E-state index is 0.200. The van der Waals surface area contributed by atoms with Crippen LogP contribution in [0.4, 0.5) is 5.69 Å². The van der Waals surface area contributed by atoms with Gasteiger partial charge in [0.15, 0.2) is 0 Å². The fourth-order valence-electron chi connectivity index (χ4n) is 5.88. The zero-order valence-electron chi connectivity index (χ0n) is 21.4. The molecule has 3 heteroatoms. The molecule has 1 aliphatic rings. The number of rotatable bonds is 7. The van der Waals surface area contributed by atoms with E-state index < -0.39 is 8.32 Å². The van der Waals surface area contributed by atoms with Crippen molar-refractivity contribution in [3.8, 4) is 5.75 Å². The summed E-state index contributed by atoms with van der Waals surface area (Å²) in [5.41, 5.74) is 10.2. The minimum atomic E-state index is -1.94. The maximum atomic E-state index is 6.97. The molecule has 0 saturated heterocycles. The first-order valence-electron chi connectivity index (χ1n) is 12.0. The molecule has 0 saturated carbocycles. The molecule has 3 rings (SSSR count). The topological polar surface area (TPSA) is 21.3 Å². The van der Waals surface area contributed by atoms with Crippen molar-refractivity contribution < 1.29 is 4.43 Å². The first-order valence-corrected chi connectivity index (χ1v) is 14.2. The van der Waals surface area contributed by atoms with Crippen LogP contribution in [-0.2, 0) is 11.8 Å². The SMILES string of the molecule is Cc1cc(O[Si](C(C)C)(C(C)C)C(C)C)cc(C)c1Cc1ccc2c(c1)C(C)(C)CN2. The van der Waals surface area contributed by atoms with Crippen molar-refractivity contribution in [3.05, 3.63) is 58.1 Å². The second-order valence-corrected chi connectivity index (χ2v) is 16.6. The third-order valence-electron chi connectivity index (χ3n) is 7.59. The maximum Gasteiger partial charge on any atom is 0.258 e. The molecular weight excluding hydrogens is 394 g/mol. The van der Waals surface area contributed by atoms with E-state index in [1.807, 2.05) is 0 Å². The van der Waals surface area contributed by atoms with Crippen LogP contribution in [0.2, 0.25) is 16.6 Å². The van der Waals surface area contributed by atoms with Crippen LogP contribution in [0.15, 0.2) is 30.3 Å². The van der Waals surface area contributed by atoms with E-state index >= 15 is 0 Å². The van der Waals surface area contributed by atoms with Gasteiger partial charge in [0.1, 0.15) is 5.75 Å². The van der Waals surface area contributed by atoms with Crippen molar-refractivity contribution in [2.75, 3.05) is 11.9 Å². The predicted octanol–water partition coefficient (Wildman–Crippen LogP) is 8.15. The Bertz CT molecular complexity index is 897. The molecule has 0 radical (unpaired) electrons. The molecule has 2 aromatic carbocycles. The largest absolute Gasteiger partial charge is 0.543 e. The van der Waals surface area contributed by atoms with Gasteiger partial charge >= 0.3 is 0 Å².